The molecule has 6 heteroatoms. The van der Waals surface area contributed by atoms with Crippen molar-refractivity contribution >= 4 is 23.2 Å². The lowest BCUT2D eigenvalue weighted by atomic mass is 10.2. The second-order valence-corrected chi connectivity index (χ2v) is 5.45. The third-order valence-electron chi connectivity index (χ3n) is 3.12. The van der Waals surface area contributed by atoms with E-state index in [1.807, 2.05) is 18.7 Å². The lowest BCUT2D eigenvalue weighted by Gasteiger charge is -2.25. The molecular formula is C15H23ClN2O3. The Morgan fingerprint density at radius 3 is 2.71 bits per heavy atom. The number of aliphatic hydroxyl groups is 1. The quantitative estimate of drug-likeness (QED) is 0.773. The van der Waals surface area contributed by atoms with Gasteiger partial charge in [-0.25, -0.2) is 0 Å². The second-order valence-electron chi connectivity index (χ2n) is 5.04. The third kappa shape index (κ3) is 5.91. The van der Waals surface area contributed by atoms with E-state index >= 15 is 0 Å². The minimum atomic E-state index is -0.108. The van der Waals surface area contributed by atoms with Crippen LogP contribution in [-0.4, -0.2) is 48.8 Å². The van der Waals surface area contributed by atoms with Crippen molar-refractivity contribution in [2.45, 2.75) is 26.3 Å². The van der Waals surface area contributed by atoms with E-state index in [4.69, 9.17) is 21.4 Å². The molecule has 0 aliphatic carbocycles. The number of methoxy groups -OCH3 is 1. The molecule has 0 aliphatic heterocycles. The number of hydrogen-bond donors (Lipinski definition) is 2. The van der Waals surface area contributed by atoms with Gasteiger partial charge in [-0.2, -0.15) is 0 Å². The highest BCUT2D eigenvalue weighted by Gasteiger charge is 2.14. The van der Waals surface area contributed by atoms with E-state index in [1.165, 1.54) is 0 Å². The maximum Gasteiger partial charge on any atom is 0.238 e. The van der Waals surface area contributed by atoms with Crippen molar-refractivity contribution < 1.29 is 14.6 Å². The van der Waals surface area contributed by atoms with Gasteiger partial charge in [0.2, 0.25) is 5.91 Å². The van der Waals surface area contributed by atoms with Crippen molar-refractivity contribution in [3.05, 3.63) is 23.2 Å². The Hall–Kier alpha value is -1.30. The van der Waals surface area contributed by atoms with Gasteiger partial charge < -0.3 is 15.2 Å². The van der Waals surface area contributed by atoms with Crippen LogP contribution in [0, 0.1) is 0 Å². The number of rotatable bonds is 8. The molecule has 0 aromatic heterocycles. The fourth-order valence-electron chi connectivity index (χ4n) is 1.92. The molecule has 5 nitrogen and oxygen atoms in total. The molecule has 0 heterocycles. The van der Waals surface area contributed by atoms with Crippen LogP contribution in [0.2, 0.25) is 5.02 Å². The molecule has 0 saturated heterocycles. The van der Waals surface area contributed by atoms with Gasteiger partial charge in [0.05, 0.1) is 18.7 Å². The molecule has 1 amide bonds. The first-order valence-corrected chi connectivity index (χ1v) is 7.34. The zero-order chi connectivity index (χ0) is 15.8. The molecule has 0 spiro atoms. The zero-order valence-electron chi connectivity index (χ0n) is 12.7. The van der Waals surface area contributed by atoms with Gasteiger partial charge in [0.1, 0.15) is 5.75 Å². The molecule has 0 radical (unpaired) electrons. The summed E-state index contributed by atoms with van der Waals surface area (Å²) in [5.74, 6) is 0.462. The number of carbonyl (C=O) groups is 1. The molecule has 0 unspecified atom stereocenters. The first-order chi connectivity index (χ1) is 9.97. The minimum Gasteiger partial charge on any atom is -0.495 e. The van der Waals surface area contributed by atoms with E-state index in [0.717, 1.165) is 0 Å². The Kier molecular flexibility index (Phi) is 7.50. The van der Waals surface area contributed by atoms with Crippen LogP contribution in [0.5, 0.6) is 5.75 Å². The number of benzene rings is 1. The Morgan fingerprint density at radius 1 is 1.48 bits per heavy atom. The second kappa shape index (κ2) is 8.87. The summed E-state index contributed by atoms with van der Waals surface area (Å²) >= 11 is 6.02. The first-order valence-electron chi connectivity index (χ1n) is 6.96. The van der Waals surface area contributed by atoms with Crippen molar-refractivity contribution in [3.8, 4) is 5.75 Å². The van der Waals surface area contributed by atoms with E-state index in [2.05, 4.69) is 5.32 Å². The lowest BCUT2D eigenvalue weighted by Crippen LogP contribution is -2.38. The minimum absolute atomic E-state index is 0.108. The summed E-state index contributed by atoms with van der Waals surface area (Å²) in [5, 5.41) is 12.2. The summed E-state index contributed by atoms with van der Waals surface area (Å²) in [6, 6.07) is 5.35. The van der Waals surface area contributed by atoms with Crippen LogP contribution in [0.25, 0.3) is 0 Å². The van der Waals surface area contributed by atoms with Crippen molar-refractivity contribution in [1.82, 2.24) is 4.90 Å². The summed E-state index contributed by atoms with van der Waals surface area (Å²) in [7, 11) is 1.54. The highest BCUT2D eigenvalue weighted by Crippen LogP contribution is 2.27. The molecule has 1 rings (SSSR count). The molecule has 118 valence electrons. The van der Waals surface area contributed by atoms with Crippen LogP contribution in [-0.2, 0) is 4.79 Å². The fraction of sp³-hybridized carbons (Fsp3) is 0.533. The third-order valence-corrected chi connectivity index (χ3v) is 3.41. The number of anilines is 1. The Labute approximate surface area is 130 Å². The number of hydrogen-bond acceptors (Lipinski definition) is 4. The molecule has 0 saturated carbocycles. The largest absolute Gasteiger partial charge is 0.495 e. The van der Waals surface area contributed by atoms with Crippen molar-refractivity contribution in [2.24, 2.45) is 0 Å². The van der Waals surface area contributed by atoms with E-state index < -0.39 is 0 Å². The topological polar surface area (TPSA) is 61.8 Å². The lowest BCUT2D eigenvalue weighted by molar-refractivity contribution is -0.117. The zero-order valence-corrected chi connectivity index (χ0v) is 13.5. The van der Waals surface area contributed by atoms with E-state index in [9.17, 15) is 4.79 Å². The number of nitrogens with zero attached hydrogens (tertiary/aromatic N) is 1. The maximum absolute atomic E-state index is 12.1. The summed E-state index contributed by atoms with van der Waals surface area (Å²) in [5.41, 5.74) is 0.636. The maximum atomic E-state index is 12.1. The number of carbonyl (C=O) groups excluding carboxylic acids is 1. The van der Waals surface area contributed by atoms with Crippen molar-refractivity contribution in [3.63, 3.8) is 0 Å². The molecule has 1 aromatic rings. The van der Waals surface area contributed by atoms with E-state index in [-0.39, 0.29) is 25.1 Å². The molecule has 0 bridgehead atoms. The summed E-state index contributed by atoms with van der Waals surface area (Å²) in [6.07, 6.45) is 0.653. The van der Waals surface area contributed by atoms with Crippen molar-refractivity contribution in [2.75, 3.05) is 32.1 Å². The van der Waals surface area contributed by atoms with Crippen LogP contribution in [0.3, 0.4) is 0 Å². The predicted octanol–water partition coefficient (Wildman–Crippen LogP) is 2.38. The molecule has 0 atom stereocenters. The normalized spacial score (nSPS) is 11.0. The van der Waals surface area contributed by atoms with Crippen molar-refractivity contribution in [1.29, 1.82) is 0 Å². The Balaban J connectivity index is 2.61. The monoisotopic (exact) mass is 314 g/mol. The highest BCUT2D eigenvalue weighted by atomic mass is 35.5. The molecule has 21 heavy (non-hydrogen) atoms. The van der Waals surface area contributed by atoms with Gasteiger partial charge in [0.25, 0.3) is 0 Å². The number of aliphatic hydroxyl groups excluding tert-OH is 1. The molecule has 2 N–H and O–H groups in total. The van der Waals surface area contributed by atoms with Gasteiger partial charge in [-0.3, -0.25) is 9.69 Å². The molecular weight excluding hydrogens is 292 g/mol. The number of halogens is 1. The summed E-state index contributed by atoms with van der Waals surface area (Å²) < 4.78 is 5.07. The van der Waals surface area contributed by atoms with Gasteiger partial charge in [-0.05, 0) is 38.5 Å². The number of nitrogens with one attached hydrogen (secondary N) is 1. The predicted molar refractivity (Wildman–Crippen MR) is 85.0 cm³/mol. The van der Waals surface area contributed by atoms with Crippen LogP contribution in [0.15, 0.2) is 18.2 Å². The Bertz CT molecular complexity index is 466. The smallest absolute Gasteiger partial charge is 0.238 e. The molecule has 0 aliphatic rings. The first kappa shape index (κ1) is 17.8. The average Bonchev–Trinajstić information content (AvgIpc) is 2.43. The van der Waals surface area contributed by atoms with Gasteiger partial charge in [-0.15, -0.1) is 0 Å². The molecule has 1 aromatic carbocycles. The number of ether oxygens (including phenoxy) is 1. The SMILES string of the molecule is COc1ccc(NC(=O)CN(CCCO)C(C)C)cc1Cl. The van der Waals surface area contributed by atoms with Gasteiger partial charge in [-0.1, -0.05) is 11.6 Å². The fourth-order valence-corrected chi connectivity index (χ4v) is 2.18. The highest BCUT2D eigenvalue weighted by molar-refractivity contribution is 6.32. The van der Waals surface area contributed by atoms with Gasteiger partial charge >= 0.3 is 0 Å². The van der Waals surface area contributed by atoms with Crippen LogP contribution < -0.4 is 10.1 Å². The van der Waals surface area contributed by atoms with E-state index in [1.54, 1.807) is 25.3 Å². The van der Waals surface area contributed by atoms with Gasteiger partial charge in [0.15, 0.2) is 0 Å². The summed E-state index contributed by atoms with van der Waals surface area (Å²) in [4.78, 5) is 14.1. The standard InChI is InChI=1S/C15H23ClN2O3/c1-11(2)18(7-4-8-19)10-15(20)17-12-5-6-14(21-3)13(16)9-12/h5-6,9,11,19H,4,7-8,10H2,1-3H3,(H,17,20). The van der Waals surface area contributed by atoms with Crippen LogP contribution in [0.4, 0.5) is 5.69 Å². The molecule has 0 fully saturated rings. The number of amides is 1. The average molecular weight is 315 g/mol. The summed E-state index contributed by atoms with van der Waals surface area (Å²) in [6.45, 7) is 5.13. The van der Waals surface area contributed by atoms with E-state index in [0.29, 0.717) is 29.4 Å². The van der Waals surface area contributed by atoms with Crippen LogP contribution >= 0.6 is 11.6 Å². The Morgan fingerprint density at radius 2 is 2.19 bits per heavy atom. The van der Waals surface area contributed by atoms with Crippen LogP contribution in [0.1, 0.15) is 20.3 Å². The van der Waals surface area contributed by atoms with Gasteiger partial charge in [0, 0.05) is 24.9 Å².